The lowest BCUT2D eigenvalue weighted by Crippen LogP contribution is -2.49. The second-order valence-corrected chi connectivity index (χ2v) is 8.45. The van der Waals surface area contributed by atoms with Gasteiger partial charge in [-0.3, -0.25) is 14.5 Å². The second-order valence-electron chi connectivity index (χ2n) is 8.45. The molecule has 1 fully saturated rings. The van der Waals surface area contributed by atoms with Crippen molar-refractivity contribution in [3.8, 4) is 5.75 Å². The van der Waals surface area contributed by atoms with Crippen molar-refractivity contribution < 1.29 is 19.5 Å². The minimum absolute atomic E-state index is 0.113. The van der Waals surface area contributed by atoms with E-state index in [2.05, 4.69) is 16.0 Å². The Labute approximate surface area is 194 Å². The van der Waals surface area contributed by atoms with Crippen LogP contribution in [-0.4, -0.2) is 42.1 Å². The molecule has 4 amide bonds. The van der Waals surface area contributed by atoms with E-state index in [0.29, 0.717) is 25.9 Å². The zero-order valence-electron chi connectivity index (χ0n) is 19.3. The maximum atomic E-state index is 13.1. The number of hydrogen-bond donors (Lipinski definition) is 4. The normalized spacial score (nSPS) is 16.0. The first-order chi connectivity index (χ1) is 15.8. The van der Waals surface area contributed by atoms with E-state index in [1.807, 2.05) is 45.0 Å². The van der Waals surface area contributed by atoms with Gasteiger partial charge in [-0.15, -0.1) is 0 Å². The average molecular weight is 453 g/mol. The fourth-order valence-corrected chi connectivity index (χ4v) is 3.63. The van der Waals surface area contributed by atoms with Crippen LogP contribution < -0.4 is 20.9 Å². The molecule has 0 aromatic heterocycles. The highest BCUT2D eigenvalue weighted by Gasteiger charge is 2.25. The van der Waals surface area contributed by atoms with Gasteiger partial charge in [-0.25, -0.2) is 4.79 Å². The Balaban J connectivity index is 1.69. The average Bonchev–Trinajstić information content (AvgIpc) is 3.25. The number of nitrogens with one attached hydrogen (secondary N) is 3. The van der Waals surface area contributed by atoms with Gasteiger partial charge in [0.25, 0.3) is 0 Å². The molecular formula is C25H32N4O4. The maximum absolute atomic E-state index is 13.1. The number of phenols is 1. The molecule has 33 heavy (non-hydrogen) atoms. The molecule has 1 aliphatic rings. The van der Waals surface area contributed by atoms with Gasteiger partial charge >= 0.3 is 6.03 Å². The van der Waals surface area contributed by atoms with Gasteiger partial charge in [-0.2, -0.15) is 0 Å². The van der Waals surface area contributed by atoms with Crippen LogP contribution in [0.5, 0.6) is 5.75 Å². The van der Waals surface area contributed by atoms with Crippen LogP contribution in [0.4, 0.5) is 10.5 Å². The predicted molar refractivity (Wildman–Crippen MR) is 127 cm³/mol. The monoisotopic (exact) mass is 452 g/mol. The summed E-state index contributed by atoms with van der Waals surface area (Å²) in [5.41, 5.74) is 2.53. The molecule has 0 radical (unpaired) electrons. The Bertz CT molecular complexity index is 975. The van der Waals surface area contributed by atoms with Crippen molar-refractivity contribution in [1.82, 2.24) is 16.0 Å². The minimum atomic E-state index is -0.744. The highest BCUT2D eigenvalue weighted by molar-refractivity contribution is 5.94. The lowest BCUT2D eigenvalue weighted by Gasteiger charge is -2.23. The summed E-state index contributed by atoms with van der Waals surface area (Å²) in [4.78, 5) is 39.2. The lowest BCUT2D eigenvalue weighted by molar-refractivity contribution is -0.131. The molecule has 1 aliphatic heterocycles. The first-order valence-electron chi connectivity index (χ1n) is 11.3. The molecule has 2 unspecified atom stereocenters. The molecule has 0 spiro atoms. The first-order valence-corrected chi connectivity index (χ1v) is 11.3. The summed E-state index contributed by atoms with van der Waals surface area (Å²) >= 11 is 0. The number of carbonyl (C=O) groups excluding carboxylic acids is 3. The molecule has 2 aromatic rings. The maximum Gasteiger partial charge on any atom is 0.321 e. The fourth-order valence-electron chi connectivity index (χ4n) is 3.63. The molecule has 0 saturated carbocycles. The zero-order chi connectivity index (χ0) is 24.0. The van der Waals surface area contributed by atoms with Crippen LogP contribution in [0.25, 0.3) is 0 Å². The van der Waals surface area contributed by atoms with Gasteiger partial charge in [0.2, 0.25) is 11.8 Å². The molecular weight excluding hydrogens is 420 g/mol. The van der Waals surface area contributed by atoms with Crippen molar-refractivity contribution in [1.29, 1.82) is 0 Å². The third-order valence-electron chi connectivity index (χ3n) is 5.99. The van der Waals surface area contributed by atoms with Gasteiger partial charge in [0.05, 0.1) is 6.04 Å². The molecule has 8 nitrogen and oxygen atoms in total. The molecule has 176 valence electrons. The topological polar surface area (TPSA) is 111 Å². The Morgan fingerprint density at radius 1 is 1.03 bits per heavy atom. The number of amides is 4. The molecule has 0 bridgehead atoms. The standard InChI is InChI=1S/C25H32N4O4/c1-4-16(2)23(31)28-22(15-18-5-11-21(30)12-6-18)24(32)27-17(3)19-7-9-20(10-8-19)29-14-13-26-25(29)33/h5-12,16-17,22,30H,4,13-15H2,1-3H3,(H,26,33)(H,27,32)(H,28,31)/t16?,17?,22-/m0/s1. The zero-order valence-corrected chi connectivity index (χ0v) is 19.3. The van der Waals surface area contributed by atoms with E-state index in [0.717, 1.165) is 16.8 Å². The van der Waals surface area contributed by atoms with Gasteiger partial charge in [0.1, 0.15) is 11.8 Å². The van der Waals surface area contributed by atoms with Gasteiger partial charge in [0, 0.05) is 31.1 Å². The van der Waals surface area contributed by atoms with Gasteiger partial charge in [0.15, 0.2) is 0 Å². The molecule has 3 rings (SSSR count). The van der Waals surface area contributed by atoms with E-state index in [9.17, 15) is 19.5 Å². The van der Waals surface area contributed by atoms with Crippen LogP contribution in [0.1, 0.15) is 44.4 Å². The fraction of sp³-hybridized carbons (Fsp3) is 0.400. The van der Waals surface area contributed by atoms with Crippen molar-refractivity contribution in [3.63, 3.8) is 0 Å². The molecule has 3 atom stereocenters. The van der Waals surface area contributed by atoms with Crippen molar-refractivity contribution in [3.05, 3.63) is 59.7 Å². The van der Waals surface area contributed by atoms with Crippen LogP contribution in [0.3, 0.4) is 0 Å². The number of urea groups is 1. The van der Waals surface area contributed by atoms with Crippen molar-refractivity contribution >= 4 is 23.5 Å². The van der Waals surface area contributed by atoms with Crippen molar-refractivity contribution in [2.24, 2.45) is 5.92 Å². The molecule has 1 saturated heterocycles. The molecule has 2 aromatic carbocycles. The smallest absolute Gasteiger partial charge is 0.321 e. The lowest BCUT2D eigenvalue weighted by atomic mass is 10.0. The molecule has 4 N–H and O–H groups in total. The highest BCUT2D eigenvalue weighted by atomic mass is 16.3. The summed E-state index contributed by atoms with van der Waals surface area (Å²) in [6.45, 7) is 6.88. The number of rotatable bonds is 9. The first kappa shape index (κ1) is 24.1. The molecule has 1 heterocycles. The Hall–Kier alpha value is -3.55. The summed E-state index contributed by atoms with van der Waals surface area (Å²) in [5.74, 6) is -0.507. The van der Waals surface area contributed by atoms with E-state index in [4.69, 9.17) is 0 Å². The molecule has 8 heteroatoms. The molecule has 0 aliphatic carbocycles. The second kappa shape index (κ2) is 10.8. The number of anilines is 1. The number of aromatic hydroxyl groups is 1. The van der Waals surface area contributed by atoms with E-state index >= 15 is 0 Å². The van der Waals surface area contributed by atoms with E-state index < -0.39 is 6.04 Å². The summed E-state index contributed by atoms with van der Waals surface area (Å²) in [7, 11) is 0. The van der Waals surface area contributed by atoms with Crippen molar-refractivity contribution in [2.45, 2.75) is 45.7 Å². The third-order valence-corrected chi connectivity index (χ3v) is 5.99. The summed E-state index contributed by atoms with van der Waals surface area (Å²) in [6.07, 6.45) is 0.987. The van der Waals surface area contributed by atoms with Crippen LogP contribution >= 0.6 is 0 Å². The van der Waals surface area contributed by atoms with Crippen LogP contribution in [0.15, 0.2) is 48.5 Å². The number of benzene rings is 2. The minimum Gasteiger partial charge on any atom is -0.508 e. The predicted octanol–water partition coefficient (Wildman–Crippen LogP) is 2.87. The van der Waals surface area contributed by atoms with E-state index in [1.165, 1.54) is 0 Å². The number of phenolic OH excluding ortho intramolecular Hbond substituents is 1. The Kier molecular flexibility index (Phi) is 7.92. The van der Waals surface area contributed by atoms with Crippen LogP contribution in [-0.2, 0) is 16.0 Å². The van der Waals surface area contributed by atoms with E-state index in [1.54, 1.807) is 29.2 Å². The van der Waals surface area contributed by atoms with Crippen LogP contribution in [0.2, 0.25) is 0 Å². The summed E-state index contributed by atoms with van der Waals surface area (Å²) < 4.78 is 0. The number of nitrogens with zero attached hydrogens (tertiary/aromatic N) is 1. The third kappa shape index (κ3) is 6.25. The van der Waals surface area contributed by atoms with Crippen molar-refractivity contribution in [2.75, 3.05) is 18.0 Å². The van der Waals surface area contributed by atoms with Gasteiger partial charge in [-0.1, -0.05) is 38.1 Å². The van der Waals surface area contributed by atoms with E-state index in [-0.39, 0.29) is 35.6 Å². The number of carbonyl (C=O) groups is 3. The SMILES string of the molecule is CCC(C)C(=O)N[C@@H](Cc1ccc(O)cc1)C(=O)NC(C)c1ccc(N2CCNC2=O)cc1. The van der Waals surface area contributed by atoms with Gasteiger partial charge < -0.3 is 21.1 Å². The highest BCUT2D eigenvalue weighted by Crippen LogP contribution is 2.21. The van der Waals surface area contributed by atoms with Gasteiger partial charge in [-0.05, 0) is 48.7 Å². The van der Waals surface area contributed by atoms with Crippen LogP contribution in [0, 0.1) is 5.92 Å². The quantitative estimate of drug-likeness (QED) is 0.469. The number of hydrogen-bond acceptors (Lipinski definition) is 4. The summed E-state index contributed by atoms with van der Waals surface area (Å²) in [5, 5.41) is 18.2. The Morgan fingerprint density at radius 3 is 2.27 bits per heavy atom. The largest absolute Gasteiger partial charge is 0.508 e. The Morgan fingerprint density at radius 2 is 1.70 bits per heavy atom. The summed E-state index contributed by atoms with van der Waals surface area (Å²) in [6, 6.07) is 13.0.